The van der Waals surface area contributed by atoms with Gasteiger partial charge in [0.05, 0.1) is 13.2 Å². The topological polar surface area (TPSA) is 47.6 Å². The summed E-state index contributed by atoms with van der Waals surface area (Å²) in [5, 5.41) is 2.98. The zero-order chi connectivity index (χ0) is 17.6. The van der Waals surface area contributed by atoms with Gasteiger partial charge in [-0.25, -0.2) is 0 Å². The van der Waals surface area contributed by atoms with E-state index >= 15 is 0 Å². The Labute approximate surface area is 149 Å². The highest BCUT2D eigenvalue weighted by atomic mass is 16.5. The molecule has 132 valence electrons. The van der Waals surface area contributed by atoms with Crippen LogP contribution in [0, 0.1) is 0 Å². The molecule has 4 nitrogen and oxygen atoms in total. The van der Waals surface area contributed by atoms with Crippen molar-refractivity contribution in [1.82, 2.24) is 5.32 Å². The summed E-state index contributed by atoms with van der Waals surface area (Å²) >= 11 is 0. The first-order valence-electron chi connectivity index (χ1n) is 8.85. The number of ether oxygens (including phenoxy) is 2. The van der Waals surface area contributed by atoms with Crippen LogP contribution in [0.3, 0.4) is 0 Å². The molecule has 0 heterocycles. The van der Waals surface area contributed by atoms with Crippen LogP contribution in [0.25, 0.3) is 0 Å². The summed E-state index contributed by atoms with van der Waals surface area (Å²) in [4.78, 5) is 12.3. The van der Waals surface area contributed by atoms with Crippen molar-refractivity contribution >= 4 is 5.91 Å². The third-order valence-electron chi connectivity index (χ3n) is 4.69. The van der Waals surface area contributed by atoms with E-state index in [1.807, 2.05) is 43.3 Å². The van der Waals surface area contributed by atoms with Crippen molar-refractivity contribution in [3.8, 4) is 11.5 Å². The third-order valence-corrected chi connectivity index (χ3v) is 4.69. The molecule has 0 aliphatic heterocycles. The second-order valence-corrected chi connectivity index (χ2v) is 6.42. The number of aryl methyl sites for hydroxylation is 1. The Balaban J connectivity index is 1.60. The number of nitrogens with one attached hydrogen (secondary N) is 1. The lowest BCUT2D eigenvalue weighted by Gasteiger charge is -2.20. The van der Waals surface area contributed by atoms with Gasteiger partial charge in [-0.3, -0.25) is 4.79 Å². The summed E-state index contributed by atoms with van der Waals surface area (Å²) < 4.78 is 11.2. The van der Waals surface area contributed by atoms with Crippen LogP contribution in [0.15, 0.2) is 42.5 Å². The third kappa shape index (κ3) is 4.13. The van der Waals surface area contributed by atoms with Gasteiger partial charge in [-0.1, -0.05) is 30.3 Å². The van der Waals surface area contributed by atoms with Crippen molar-refractivity contribution < 1.29 is 14.3 Å². The van der Waals surface area contributed by atoms with Crippen molar-refractivity contribution in [2.45, 2.75) is 38.6 Å². The quantitative estimate of drug-likeness (QED) is 0.870. The van der Waals surface area contributed by atoms with Crippen LogP contribution in [-0.4, -0.2) is 19.6 Å². The minimum atomic E-state index is -0.142. The summed E-state index contributed by atoms with van der Waals surface area (Å²) in [5.41, 5.74) is 3.57. The number of rotatable bonds is 6. The number of hydrogen-bond donors (Lipinski definition) is 1. The number of fused-ring (bicyclic) bond motifs is 1. The number of carbonyl (C=O) groups is 1. The zero-order valence-corrected chi connectivity index (χ0v) is 14.9. The molecule has 4 heteroatoms. The predicted octanol–water partition coefficient (Wildman–Crippen LogP) is 3.83. The zero-order valence-electron chi connectivity index (χ0n) is 14.9. The first-order chi connectivity index (χ1) is 12.2. The Hall–Kier alpha value is -2.49. The first kappa shape index (κ1) is 17.3. The summed E-state index contributed by atoms with van der Waals surface area (Å²) in [7, 11) is 1.63. The van der Waals surface area contributed by atoms with Crippen LogP contribution in [0.1, 0.15) is 42.5 Å². The fourth-order valence-corrected chi connectivity index (χ4v) is 3.41. The fraction of sp³-hybridized carbons (Fsp3) is 0.381. The van der Waals surface area contributed by atoms with Crippen molar-refractivity contribution in [2.75, 3.05) is 13.7 Å². The van der Waals surface area contributed by atoms with Gasteiger partial charge < -0.3 is 14.8 Å². The van der Waals surface area contributed by atoms with E-state index in [1.165, 1.54) is 24.0 Å². The molecule has 0 unspecified atom stereocenters. The largest absolute Gasteiger partial charge is 0.496 e. The first-order valence-corrected chi connectivity index (χ1v) is 8.85. The fourth-order valence-electron chi connectivity index (χ4n) is 3.41. The monoisotopic (exact) mass is 339 g/mol. The second-order valence-electron chi connectivity index (χ2n) is 6.42. The van der Waals surface area contributed by atoms with E-state index in [1.54, 1.807) is 7.11 Å². The van der Waals surface area contributed by atoms with Gasteiger partial charge >= 0.3 is 0 Å². The van der Waals surface area contributed by atoms with E-state index in [0.29, 0.717) is 0 Å². The average molecular weight is 339 g/mol. The summed E-state index contributed by atoms with van der Waals surface area (Å²) in [5.74, 6) is 1.48. The van der Waals surface area contributed by atoms with Crippen molar-refractivity contribution in [1.29, 1.82) is 0 Å². The van der Waals surface area contributed by atoms with Gasteiger partial charge in [0.1, 0.15) is 11.5 Å². The molecule has 2 aromatic rings. The summed E-state index contributed by atoms with van der Waals surface area (Å²) in [6.07, 6.45) is 4.55. The van der Waals surface area contributed by atoms with E-state index in [-0.39, 0.29) is 18.6 Å². The van der Waals surface area contributed by atoms with Gasteiger partial charge in [0, 0.05) is 5.56 Å². The standard InChI is InChI=1S/C21H25NO3/c1-15(17-10-5-6-12-19(17)24-2)22-21(23)14-25-20-13-7-9-16-8-3-4-11-18(16)20/h5-7,9-10,12-13,15H,3-4,8,11,14H2,1-2H3,(H,22,23)/t15-/m0/s1. The maximum absolute atomic E-state index is 12.3. The molecule has 1 amide bonds. The SMILES string of the molecule is COc1ccccc1[C@H](C)NC(=O)COc1cccc2c1CCCC2. The van der Waals surface area contributed by atoms with E-state index in [0.717, 1.165) is 29.9 Å². The minimum Gasteiger partial charge on any atom is -0.496 e. The molecule has 0 radical (unpaired) electrons. The lowest BCUT2D eigenvalue weighted by Crippen LogP contribution is -2.31. The summed E-state index contributed by atoms with van der Waals surface area (Å²) in [6, 6.07) is 13.7. The highest BCUT2D eigenvalue weighted by Gasteiger charge is 2.16. The molecule has 1 atom stereocenters. The molecule has 1 aliphatic rings. The lowest BCUT2D eigenvalue weighted by molar-refractivity contribution is -0.123. The van der Waals surface area contributed by atoms with E-state index in [9.17, 15) is 4.79 Å². The lowest BCUT2D eigenvalue weighted by atomic mass is 9.91. The smallest absolute Gasteiger partial charge is 0.258 e. The van der Waals surface area contributed by atoms with Crippen molar-refractivity contribution in [3.63, 3.8) is 0 Å². The summed E-state index contributed by atoms with van der Waals surface area (Å²) in [6.45, 7) is 1.97. The Morgan fingerprint density at radius 1 is 1.08 bits per heavy atom. The average Bonchev–Trinajstić information content (AvgIpc) is 2.66. The van der Waals surface area contributed by atoms with Gasteiger partial charge in [-0.15, -0.1) is 0 Å². The van der Waals surface area contributed by atoms with Crippen LogP contribution in [0.2, 0.25) is 0 Å². The maximum atomic E-state index is 12.3. The molecule has 3 rings (SSSR count). The van der Waals surface area contributed by atoms with Crippen LogP contribution < -0.4 is 14.8 Å². The molecule has 0 saturated heterocycles. The number of hydrogen-bond acceptors (Lipinski definition) is 3. The predicted molar refractivity (Wildman–Crippen MR) is 98.1 cm³/mol. The molecule has 25 heavy (non-hydrogen) atoms. The van der Waals surface area contributed by atoms with Gasteiger partial charge in [0.15, 0.2) is 6.61 Å². The Morgan fingerprint density at radius 2 is 1.84 bits per heavy atom. The highest BCUT2D eigenvalue weighted by molar-refractivity contribution is 5.78. The molecule has 2 aromatic carbocycles. The molecule has 1 aliphatic carbocycles. The number of methoxy groups -OCH3 is 1. The molecule has 0 aromatic heterocycles. The molecular weight excluding hydrogens is 314 g/mol. The van der Waals surface area contributed by atoms with Gasteiger partial charge in [0.2, 0.25) is 0 Å². The normalized spacial score (nSPS) is 14.3. The van der Waals surface area contributed by atoms with Gasteiger partial charge in [0.25, 0.3) is 5.91 Å². The van der Waals surface area contributed by atoms with E-state index in [4.69, 9.17) is 9.47 Å². The Kier molecular flexibility index (Phi) is 5.59. The molecule has 0 saturated carbocycles. The van der Waals surface area contributed by atoms with Crippen LogP contribution in [-0.2, 0) is 17.6 Å². The molecular formula is C21H25NO3. The molecule has 0 bridgehead atoms. The van der Waals surface area contributed by atoms with E-state index < -0.39 is 0 Å². The maximum Gasteiger partial charge on any atom is 0.258 e. The van der Waals surface area contributed by atoms with Crippen LogP contribution in [0.4, 0.5) is 0 Å². The van der Waals surface area contributed by atoms with Crippen molar-refractivity contribution in [2.24, 2.45) is 0 Å². The molecule has 0 spiro atoms. The minimum absolute atomic E-state index is 0.0238. The van der Waals surface area contributed by atoms with Crippen LogP contribution in [0.5, 0.6) is 11.5 Å². The molecule has 0 fully saturated rings. The highest BCUT2D eigenvalue weighted by Crippen LogP contribution is 2.29. The number of benzene rings is 2. The Bertz CT molecular complexity index is 742. The number of carbonyl (C=O) groups excluding carboxylic acids is 1. The van der Waals surface area contributed by atoms with Crippen LogP contribution >= 0.6 is 0 Å². The molecule has 1 N–H and O–H groups in total. The second kappa shape index (κ2) is 8.06. The van der Waals surface area contributed by atoms with Gasteiger partial charge in [-0.2, -0.15) is 0 Å². The van der Waals surface area contributed by atoms with Crippen molar-refractivity contribution in [3.05, 3.63) is 59.2 Å². The van der Waals surface area contributed by atoms with Gasteiger partial charge in [-0.05, 0) is 55.9 Å². The van der Waals surface area contributed by atoms with E-state index in [2.05, 4.69) is 11.4 Å². The Morgan fingerprint density at radius 3 is 2.68 bits per heavy atom. The number of amides is 1. The number of para-hydroxylation sites is 1.